The highest BCUT2D eigenvalue weighted by atomic mass is 16.5. The zero-order valence-corrected chi connectivity index (χ0v) is 19.2. The van der Waals surface area contributed by atoms with Crippen LogP contribution >= 0.6 is 0 Å². The third kappa shape index (κ3) is 6.62. The molecule has 7 nitrogen and oxygen atoms in total. The van der Waals surface area contributed by atoms with E-state index < -0.39 is 5.97 Å². The van der Waals surface area contributed by atoms with Crippen LogP contribution in [0.25, 0.3) is 0 Å². The topological polar surface area (TPSA) is 81.2 Å². The maximum absolute atomic E-state index is 12.0. The van der Waals surface area contributed by atoms with Gasteiger partial charge in [0.2, 0.25) is 0 Å². The summed E-state index contributed by atoms with van der Waals surface area (Å²) >= 11 is 0. The summed E-state index contributed by atoms with van der Waals surface area (Å²) in [6.45, 7) is 11.6. The summed E-state index contributed by atoms with van der Waals surface area (Å²) in [5, 5.41) is 6.78. The van der Waals surface area contributed by atoms with Crippen LogP contribution in [-0.4, -0.2) is 51.9 Å². The predicted molar refractivity (Wildman–Crippen MR) is 119 cm³/mol. The van der Waals surface area contributed by atoms with E-state index in [9.17, 15) is 4.79 Å². The molecule has 1 saturated heterocycles. The molecule has 2 unspecified atom stereocenters. The lowest BCUT2D eigenvalue weighted by molar-refractivity contribution is -0.0835. The van der Waals surface area contributed by atoms with Gasteiger partial charge in [0.05, 0.1) is 26.9 Å². The second kappa shape index (κ2) is 11.2. The molecule has 0 saturated carbocycles. The number of nitrogens with zero attached hydrogens (tertiary/aromatic N) is 1. The van der Waals surface area contributed by atoms with Gasteiger partial charge in [0.1, 0.15) is 11.3 Å². The Kier molecular flexibility index (Phi) is 8.96. The van der Waals surface area contributed by atoms with Crippen LogP contribution in [0.4, 0.5) is 0 Å². The van der Waals surface area contributed by atoms with Crippen molar-refractivity contribution in [1.82, 2.24) is 10.6 Å². The summed E-state index contributed by atoms with van der Waals surface area (Å²) in [7, 11) is 2.90. The fraction of sp³-hybridized carbons (Fsp3) is 0.652. The first-order valence-corrected chi connectivity index (χ1v) is 10.7. The minimum Gasteiger partial charge on any atom is -0.496 e. The Balaban J connectivity index is 2.08. The van der Waals surface area contributed by atoms with E-state index in [-0.39, 0.29) is 11.5 Å². The number of ether oxygens (including phenoxy) is 3. The number of rotatable bonds is 7. The number of guanidine groups is 1. The van der Waals surface area contributed by atoms with Gasteiger partial charge in [-0.3, -0.25) is 0 Å². The van der Waals surface area contributed by atoms with Crippen LogP contribution in [0.3, 0.4) is 0 Å². The lowest BCUT2D eigenvalue weighted by Gasteiger charge is -2.40. The molecule has 30 heavy (non-hydrogen) atoms. The van der Waals surface area contributed by atoms with Gasteiger partial charge >= 0.3 is 5.97 Å². The molecule has 1 aromatic carbocycles. The first kappa shape index (κ1) is 24.0. The molecule has 2 rings (SSSR count). The number of nitrogens with one attached hydrogen (secondary N) is 2. The average molecular weight is 420 g/mol. The molecule has 168 valence electrons. The molecular formula is C23H37N3O4. The van der Waals surface area contributed by atoms with Crippen molar-refractivity contribution in [2.24, 2.45) is 16.3 Å². The number of carbonyl (C=O) groups is 1. The fourth-order valence-electron chi connectivity index (χ4n) is 3.87. The van der Waals surface area contributed by atoms with Gasteiger partial charge < -0.3 is 24.8 Å². The summed E-state index contributed by atoms with van der Waals surface area (Å²) in [6, 6.07) is 5.44. The van der Waals surface area contributed by atoms with Gasteiger partial charge in [-0.1, -0.05) is 26.8 Å². The Morgan fingerprint density at radius 3 is 2.67 bits per heavy atom. The average Bonchev–Trinajstić information content (AvgIpc) is 2.74. The van der Waals surface area contributed by atoms with Gasteiger partial charge in [-0.15, -0.1) is 0 Å². The molecule has 0 radical (unpaired) electrons. The van der Waals surface area contributed by atoms with Crippen molar-refractivity contribution in [2.45, 2.75) is 53.2 Å². The normalized spacial score (nSPS) is 19.9. The van der Waals surface area contributed by atoms with E-state index in [1.54, 1.807) is 12.1 Å². The van der Waals surface area contributed by atoms with Crippen LogP contribution in [-0.2, 0) is 16.0 Å². The van der Waals surface area contributed by atoms with Crippen molar-refractivity contribution >= 4 is 11.9 Å². The molecule has 2 atom stereocenters. The van der Waals surface area contributed by atoms with Crippen LogP contribution < -0.4 is 15.4 Å². The number of aliphatic imine (C=N–C) groups is 1. The minimum atomic E-state index is -0.423. The number of benzene rings is 1. The van der Waals surface area contributed by atoms with E-state index in [0.717, 1.165) is 44.1 Å². The highest BCUT2D eigenvalue weighted by Crippen LogP contribution is 2.33. The summed E-state index contributed by atoms with van der Waals surface area (Å²) in [4.78, 5) is 16.7. The molecule has 0 aliphatic carbocycles. The van der Waals surface area contributed by atoms with Crippen LogP contribution in [0, 0.1) is 11.3 Å². The molecule has 1 fully saturated rings. The van der Waals surface area contributed by atoms with Crippen molar-refractivity contribution in [1.29, 1.82) is 0 Å². The van der Waals surface area contributed by atoms with Crippen molar-refractivity contribution in [3.8, 4) is 5.75 Å². The first-order valence-electron chi connectivity index (χ1n) is 10.7. The zero-order valence-electron chi connectivity index (χ0n) is 19.2. The standard InChI is InChI=1S/C23H37N3O4/c1-7-24-22(26-15-17-9-8-12-30-20(17)23(2,3)4)25-14-16-10-11-19(28-5)18(13-16)21(27)29-6/h10-11,13,17,20H,7-9,12,14-15H2,1-6H3,(H2,24,25,26). The smallest absolute Gasteiger partial charge is 0.341 e. The summed E-state index contributed by atoms with van der Waals surface area (Å²) in [6.07, 6.45) is 2.47. The Bertz CT molecular complexity index is 728. The number of carbonyl (C=O) groups excluding carboxylic acids is 1. The molecule has 7 heteroatoms. The molecule has 0 aromatic heterocycles. The molecule has 0 bridgehead atoms. The molecule has 0 amide bonds. The Labute approximate surface area is 180 Å². The number of hydrogen-bond donors (Lipinski definition) is 2. The molecule has 1 heterocycles. The zero-order chi connectivity index (χ0) is 22.1. The number of esters is 1. The maximum atomic E-state index is 12.0. The largest absolute Gasteiger partial charge is 0.496 e. The number of hydrogen-bond acceptors (Lipinski definition) is 5. The highest BCUT2D eigenvalue weighted by molar-refractivity contribution is 5.92. The van der Waals surface area contributed by atoms with Crippen LogP contribution in [0.15, 0.2) is 23.2 Å². The fourth-order valence-corrected chi connectivity index (χ4v) is 3.87. The Morgan fingerprint density at radius 1 is 1.27 bits per heavy atom. The Morgan fingerprint density at radius 2 is 2.03 bits per heavy atom. The van der Waals surface area contributed by atoms with Crippen molar-refractivity contribution in [2.75, 3.05) is 33.9 Å². The minimum absolute atomic E-state index is 0.107. The monoisotopic (exact) mass is 419 g/mol. The van der Waals surface area contributed by atoms with Crippen molar-refractivity contribution in [3.63, 3.8) is 0 Å². The van der Waals surface area contributed by atoms with Gasteiger partial charge in [0, 0.05) is 25.6 Å². The highest BCUT2D eigenvalue weighted by Gasteiger charge is 2.35. The van der Waals surface area contributed by atoms with Gasteiger partial charge in [0.25, 0.3) is 0 Å². The lowest BCUT2D eigenvalue weighted by atomic mass is 9.78. The summed E-state index contributed by atoms with van der Waals surface area (Å²) in [5.74, 6) is 1.26. The van der Waals surface area contributed by atoms with E-state index in [2.05, 4.69) is 31.4 Å². The van der Waals surface area contributed by atoms with Gasteiger partial charge in [-0.25, -0.2) is 9.79 Å². The SMILES string of the molecule is CCNC(=NCc1ccc(OC)c(C(=O)OC)c1)NCC1CCCOC1C(C)(C)C. The quantitative estimate of drug-likeness (QED) is 0.401. The summed E-state index contributed by atoms with van der Waals surface area (Å²) in [5.41, 5.74) is 1.41. The van der Waals surface area contributed by atoms with E-state index in [0.29, 0.717) is 23.8 Å². The molecule has 1 aromatic rings. The lowest BCUT2D eigenvalue weighted by Crippen LogP contribution is -2.47. The molecule has 1 aliphatic rings. The molecule has 0 spiro atoms. The van der Waals surface area contributed by atoms with Gasteiger partial charge in [0.15, 0.2) is 5.96 Å². The molecular weight excluding hydrogens is 382 g/mol. The second-order valence-corrected chi connectivity index (χ2v) is 8.66. The third-order valence-electron chi connectivity index (χ3n) is 5.26. The predicted octanol–water partition coefficient (Wildman–Crippen LogP) is 3.38. The van der Waals surface area contributed by atoms with Crippen molar-refractivity contribution < 1.29 is 19.0 Å². The first-order chi connectivity index (χ1) is 14.3. The Hall–Kier alpha value is -2.28. The maximum Gasteiger partial charge on any atom is 0.341 e. The third-order valence-corrected chi connectivity index (χ3v) is 5.26. The van der Waals surface area contributed by atoms with Crippen LogP contribution in [0.1, 0.15) is 56.5 Å². The van der Waals surface area contributed by atoms with E-state index in [1.165, 1.54) is 14.2 Å². The van der Waals surface area contributed by atoms with Crippen LogP contribution in [0.2, 0.25) is 0 Å². The van der Waals surface area contributed by atoms with E-state index in [1.807, 2.05) is 13.0 Å². The van der Waals surface area contributed by atoms with Gasteiger partial charge in [-0.05, 0) is 42.9 Å². The van der Waals surface area contributed by atoms with Gasteiger partial charge in [-0.2, -0.15) is 0 Å². The molecule has 2 N–H and O–H groups in total. The second-order valence-electron chi connectivity index (χ2n) is 8.66. The van der Waals surface area contributed by atoms with E-state index in [4.69, 9.17) is 19.2 Å². The van der Waals surface area contributed by atoms with Crippen LogP contribution in [0.5, 0.6) is 5.75 Å². The summed E-state index contributed by atoms with van der Waals surface area (Å²) < 4.78 is 16.2. The van der Waals surface area contributed by atoms with Crippen molar-refractivity contribution in [3.05, 3.63) is 29.3 Å². The molecule has 1 aliphatic heterocycles. The number of methoxy groups -OCH3 is 2. The van der Waals surface area contributed by atoms with E-state index >= 15 is 0 Å².